The Labute approximate surface area is 265 Å². The first-order chi connectivity index (χ1) is 21.5. The predicted molar refractivity (Wildman–Crippen MR) is 162 cm³/mol. The van der Waals surface area contributed by atoms with Crippen LogP contribution >= 0.6 is 0 Å². The van der Waals surface area contributed by atoms with Gasteiger partial charge in [-0.05, 0) is 40.7 Å². The second kappa shape index (κ2) is 11.9. The molecule has 0 spiro atoms. The van der Waals surface area contributed by atoms with Crippen LogP contribution in [0.1, 0.15) is 96.5 Å². The van der Waals surface area contributed by atoms with Gasteiger partial charge in [-0.3, -0.25) is 9.59 Å². The molecule has 6 atom stereocenters. The Morgan fingerprint density at radius 3 is 2.43 bits per heavy atom. The van der Waals surface area contributed by atoms with Crippen molar-refractivity contribution in [3.05, 3.63) is 51.6 Å². The number of fused-ring (bicyclic) bond motifs is 3. The zero-order valence-corrected chi connectivity index (χ0v) is 26.4. The molecule has 1 amide bonds. The first-order valence-corrected chi connectivity index (χ1v) is 14.8. The highest BCUT2D eigenvalue weighted by atomic mass is 16.7. The molecule has 46 heavy (non-hydrogen) atoms. The second-order valence-electron chi connectivity index (χ2n) is 12.9. The Kier molecular flexibility index (Phi) is 8.64. The molecule has 2 unspecified atom stereocenters. The Balaban J connectivity index is 1.63. The second-order valence-corrected chi connectivity index (χ2v) is 12.9. The van der Waals surface area contributed by atoms with Crippen molar-refractivity contribution >= 4 is 23.4 Å². The van der Waals surface area contributed by atoms with Gasteiger partial charge in [0.1, 0.15) is 28.5 Å². The number of aromatic hydroxyl groups is 2. The fourth-order valence-corrected chi connectivity index (χ4v) is 6.20. The molecular weight excluding hydrogens is 602 g/mol. The van der Waals surface area contributed by atoms with E-state index in [-0.39, 0.29) is 53.0 Å². The zero-order valence-electron chi connectivity index (χ0n) is 26.4. The number of hydrogen-bond acceptors (Lipinski definition) is 13. The van der Waals surface area contributed by atoms with Crippen LogP contribution in [-0.4, -0.2) is 86.6 Å². The quantitative estimate of drug-likeness (QED) is 0.134. The van der Waals surface area contributed by atoms with Gasteiger partial charge in [0.05, 0.1) is 47.8 Å². The van der Waals surface area contributed by atoms with Crippen LogP contribution in [0.2, 0.25) is 0 Å². The van der Waals surface area contributed by atoms with Crippen LogP contribution < -0.4 is 15.9 Å². The number of ketones is 2. The van der Waals surface area contributed by atoms with Crippen molar-refractivity contribution in [3.63, 3.8) is 0 Å². The van der Waals surface area contributed by atoms with Gasteiger partial charge in [-0.25, -0.2) is 10.2 Å². The van der Waals surface area contributed by atoms with Crippen molar-refractivity contribution in [2.24, 2.45) is 10.8 Å². The summed E-state index contributed by atoms with van der Waals surface area (Å²) in [6.45, 7) is 8.07. The van der Waals surface area contributed by atoms with Gasteiger partial charge >= 0.3 is 6.09 Å². The topological polar surface area (TPSA) is 219 Å². The average molecular weight is 642 g/mol. The summed E-state index contributed by atoms with van der Waals surface area (Å²) in [6.07, 6.45) is -5.46. The first-order valence-electron chi connectivity index (χ1n) is 14.8. The molecule has 7 N–H and O–H groups in total. The number of benzene rings is 2. The van der Waals surface area contributed by atoms with Gasteiger partial charge < -0.3 is 45.1 Å². The van der Waals surface area contributed by atoms with E-state index in [1.165, 1.54) is 32.2 Å². The molecule has 1 aliphatic heterocycles. The highest BCUT2D eigenvalue weighted by molar-refractivity contribution is 6.31. The minimum absolute atomic E-state index is 0.00300. The number of hydrazone groups is 1. The summed E-state index contributed by atoms with van der Waals surface area (Å²) in [5.74, 6) is -2.60. The smallest absolute Gasteiger partial charge is 0.428 e. The molecule has 0 saturated carbocycles. The number of hydrogen-bond donors (Lipinski definition) is 6. The summed E-state index contributed by atoms with van der Waals surface area (Å²) >= 11 is 0. The number of rotatable bonds is 5. The monoisotopic (exact) mass is 641 g/mol. The van der Waals surface area contributed by atoms with E-state index < -0.39 is 82.1 Å². The molecule has 0 aromatic heterocycles. The summed E-state index contributed by atoms with van der Waals surface area (Å²) in [6, 6.07) is 3.72. The first kappa shape index (κ1) is 33.3. The minimum atomic E-state index is -1.91. The van der Waals surface area contributed by atoms with Gasteiger partial charge in [-0.1, -0.05) is 12.1 Å². The molecule has 2 aliphatic carbocycles. The van der Waals surface area contributed by atoms with Gasteiger partial charge in [0, 0.05) is 42.0 Å². The van der Waals surface area contributed by atoms with Gasteiger partial charge in [-0.15, -0.1) is 0 Å². The summed E-state index contributed by atoms with van der Waals surface area (Å²) < 4.78 is 22.6. The van der Waals surface area contributed by atoms with E-state index in [0.29, 0.717) is 0 Å². The van der Waals surface area contributed by atoms with Crippen molar-refractivity contribution in [3.8, 4) is 17.2 Å². The number of ether oxygens (including phenoxy) is 4. The number of nitrogens with one attached hydrogen (secondary N) is 1. The average Bonchev–Trinajstić information content (AvgIpc) is 2.97. The normalized spacial score (nSPS) is 27.8. The summed E-state index contributed by atoms with van der Waals surface area (Å²) in [5, 5.41) is 49.7. The van der Waals surface area contributed by atoms with E-state index in [9.17, 15) is 34.8 Å². The Hall–Kier alpha value is -4.08. The molecule has 0 bridgehead atoms. The maximum absolute atomic E-state index is 13.9. The highest BCUT2D eigenvalue weighted by Gasteiger charge is 2.49. The van der Waals surface area contributed by atoms with Crippen LogP contribution in [0.5, 0.6) is 17.2 Å². The Bertz CT molecular complexity index is 1620. The highest BCUT2D eigenvalue weighted by Crippen LogP contribution is 2.52. The predicted octanol–water partition coefficient (Wildman–Crippen LogP) is 2.34. The van der Waals surface area contributed by atoms with E-state index >= 15 is 0 Å². The number of carbonyl (C=O) groups is 3. The van der Waals surface area contributed by atoms with Crippen LogP contribution in [0.25, 0.3) is 0 Å². The lowest BCUT2D eigenvalue weighted by molar-refractivity contribution is -0.245. The molecule has 1 heterocycles. The molecule has 0 radical (unpaired) electrons. The molecule has 1 saturated heterocycles. The van der Waals surface area contributed by atoms with E-state index in [2.05, 4.69) is 10.5 Å². The minimum Gasteiger partial charge on any atom is -0.507 e. The molecule has 1 fully saturated rings. The maximum Gasteiger partial charge on any atom is 0.428 e. The zero-order chi connectivity index (χ0) is 33.9. The molecule has 248 valence electrons. The van der Waals surface area contributed by atoms with E-state index in [1.807, 2.05) is 0 Å². The third kappa shape index (κ3) is 5.82. The van der Waals surface area contributed by atoms with Crippen LogP contribution in [0.15, 0.2) is 23.3 Å². The van der Waals surface area contributed by atoms with Gasteiger partial charge in [-0.2, -0.15) is 5.10 Å². The third-order valence-corrected chi connectivity index (χ3v) is 8.53. The van der Waals surface area contributed by atoms with Crippen molar-refractivity contribution in [1.82, 2.24) is 5.43 Å². The third-order valence-electron chi connectivity index (χ3n) is 8.53. The molecule has 5 rings (SSSR count). The molecule has 2 aromatic rings. The maximum atomic E-state index is 13.9. The van der Waals surface area contributed by atoms with Gasteiger partial charge in [0.2, 0.25) is 5.78 Å². The van der Waals surface area contributed by atoms with E-state index in [0.717, 1.165) is 0 Å². The number of aliphatic hydroxyl groups is 2. The SMILES string of the molecule is COc1cccc2c1C(=O)c1c(O)c3c(c(O)c1C2=O)CC(O)(/C(C)=N\NC(=O)OC(C)(C)C)CC3O[C@H]1C[C@H](N)[C@H](O)[C@H](C)O1. The van der Waals surface area contributed by atoms with Crippen molar-refractivity contribution in [2.75, 3.05) is 7.11 Å². The van der Waals surface area contributed by atoms with Crippen LogP contribution in [0.4, 0.5) is 4.79 Å². The lowest BCUT2D eigenvalue weighted by Gasteiger charge is -2.42. The van der Waals surface area contributed by atoms with Crippen molar-refractivity contribution < 1.29 is 53.8 Å². The molecule has 3 aliphatic rings. The fraction of sp³-hybridized carbons (Fsp3) is 0.500. The lowest BCUT2D eigenvalue weighted by Crippen LogP contribution is -2.52. The number of phenols is 2. The molecule has 14 heteroatoms. The molecular formula is C32H39N3O11. The molecule has 2 aromatic carbocycles. The summed E-state index contributed by atoms with van der Waals surface area (Å²) in [5.41, 5.74) is 4.57. The van der Waals surface area contributed by atoms with E-state index in [4.69, 9.17) is 24.7 Å². The number of aliphatic hydroxyl groups excluding tert-OH is 1. The van der Waals surface area contributed by atoms with E-state index in [1.54, 1.807) is 27.7 Å². The number of nitrogens with zero attached hydrogens (tertiary/aromatic N) is 1. The van der Waals surface area contributed by atoms with Crippen LogP contribution in [0.3, 0.4) is 0 Å². The number of phenolic OH excluding ortho intramolecular Hbond substituents is 2. The van der Waals surface area contributed by atoms with Crippen molar-refractivity contribution in [2.45, 2.75) is 95.7 Å². The standard InChI is InChI=1S/C32H39N3O11/c1-13-25(36)17(33)10-20(44-13)45-19-12-32(42,14(2)34-35-30(41)46-31(3,4)5)11-16-22(19)29(40)24-23(27(16)38)26(37)15-8-7-9-18(43-6)21(15)28(24)39/h7-9,13,17,19-20,25,36,38,40,42H,10-12,33H2,1-6H3,(H,35,41)/b34-14-/t13-,17-,19?,20-,25+,32?/m0/s1. The Morgan fingerprint density at radius 2 is 1.80 bits per heavy atom. The summed E-state index contributed by atoms with van der Waals surface area (Å²) in [4.78, 5) is 39.9. The number of methoxy groups -OCH3 is 1. The number of nitrogens with two attached hydrogens (primary N) is 1. The Morgan fingerprint density at radius 1 is 1.13 bits per heavy atom. The number of amides is 1. The van der Waals surface area contributed by atoms with Crippen LogP contribution in [-0.2, 0) is 20.6 Å². The lowest BCUT2D eigenvalue weighted by atomic mass is 9.72. The fourth-order valence-electron chi connectivity index (χ4n) is 6.20. The summed E-state index contributed by atoms with van der Waals surface area (Å²) in [7, 11) is 1.34. The van der Waals surface area contributed by atoms with Crippen molar-refractivity contribution in [1.29, 1.82) is 0 Å². The number of carbonyl (C=O) groups excluding carboxylic acids is 3. The van der Waals surface area contributed by atoms with Gasteiger partial charge in [0.25, 0.3) is 0 Å². The molecule has 14 nitrogen and oxygen atoms in total. The largest absolute Gasteiger partial charge is 0.507 e. The van der Waals surface area contributed by atoms with Gasteiger partial charge in [0.15, 0.2) is 12.1 Å². The van der Waals surface area contributed by atoms with Crippen LogP contribution in [0, 0.1) is 0 Å².